The SMILES string of the molecule is CCOc1ccccc1N1CCN(C(=O)c2ccc(=O)[nH]c2)CC1. The zero-order chi connectivity index (χ0) is 16.9. The highest BCUT2D eigenvalue weighted by molar-refractivity contribution is 5.94. The maximum Gasteiger partial charge on any atom is 0.255 e. The van der Waals surface area contributed by atoms with Gasteiger partial charge < -0.3 is 19.5 Å². The summed E-state index contributed by atoms with van der Waals surface area (Å²) in [6.45, 7) is 5.37. The number of anilines is 1. The van der Waals surface area contributed by atoms with Gasteiger partial charge in [0.15, 0.2) is 0 Å². The van der Waals surface area contributed by atoms with Crippen LogP contribution in [-0.2, 0) is 0 Å². The van der Waals surface area contributed by atoms with Gasteiger partial charge in [0.1, 0.15) is 5.75 Å². The molecule has 1 aliphatic heterocycles. The summed E-state index contributed by atoms with van der Waals surface area (Å²) < 4.78 is 5.69. The highest BCUT2D eigenvalue weighted by Crippen LogP contribution is 2.28. The van der Waals surface area contributed by atoms with Gasteiger partial charge in [-0.2, -0.15) is 0 Å². The van der Waals surface area contributed by atoms with Crippen LogP contribution in [-0.4, -0.2) is 48.6 Å². The summed E-state index contributed by atoms with van der Waals surface area (Å²) in [4.78, 5) is 30.2. The number of amides is 1. The Morgan fingerprint density at radius 2 is 1.88 bits per heavy atom. The topological polar surface area (TPSA) is 65.6 Å². The van der Waals surface area contributed by atoms with E-state index in [1.807, 2.05) is 36.1 Å². The van der Waals surface area contributed by atoms with E-state index < -0.39 is 0 Å². The molecule has 1 amide bonds. The number of carbonyl (C=O) groups excluding carboxylic acids is 1. The second kappa shape index (κ2) is 7.21. The molecule has 2 aromatic rings. The van der Waals surface area contributed by atoms with Crippen LogP contribution in [0.5, 0.6) is 5.75 Å². The average Bonchev–Trinajstić information content (AvgIpc) is 2.63. The number of H-pyrrole nitrogens is 1. The summed E-state index contributed by atoms with van der Waals surface area (Å²) in [5.41, 5.74) is 1.37. The number of para-hydroxylation sites is 2. The first-order valence-electron chi connectivity index (χ1n) is 8.14. The van der Waals surface area contributed by atoms with E-state index in [1.54, 1.807) is 6.07 Å². The Morgan fingerprint density at radius 1 is 1.12 bits per heavy atom. The van der Waals surface area contributed by atoms with Crippen molar-refractivity contribution in [2.45, 2.75) is 6.92 Å². The van der Waals surface area contributed by atoms with Gasteiger partial charge in [-0.3, -0.25) is 9.59 Å². The van der Waals surface area contributed by atoms with Gasteiger partial charge in [-0.1, -0.05) is 12.1 Å². The average molecular weight is 327 g/mol. The number of carbonyl (C=O) groups is 1. The minimum atomic E-state index is -0.205. The molecular weight excluding hydrogens is 306 g/mol. The Hall–Kier alpha value is -2.76. The first-order valence-corrected chi connectivity index (χ1v) is 8.14. The van der Waals surface area contributed by atoms with Gasteiger partial charge in [0.05, 0.1) is 17.9 Å². The molecule has 1 aromatic heterocycles. The van der Waals surface area contributed by atoms with Crippen LogP contribution in [0.2, 0.25) is 0 Å². The molecule has 1 aliphatic rings. The number of ether oxygens (including phenoxy) is 1. The van der Waals surface area contributed by atoms with Crippen molar-refractivity contribution in [3.8, 4) is 5.75 Å². The maximum atomic E-state index is 12.5. The fourth-order valence-electron chi connectivity index (χ4n) is 2.87. The Labute approximate surface area is 140 Å². The van der Waals surface area contributed by atoms with E-state index in [0.29, 0.717) is 25.3 Å². The van der Waals surface area contributed by atoms with Gasteiger partial charge in [-0.25, -0.2) is 0 Å². The number of benzene rings is 1. The molecule has 1 aromatic carbocycles. The van der Waals surface area contributed by atoms with Crippen molar-refractivity contribution in [1.82, 2.24) is 9.88 Å². The lowest BCUT2D eigenvalue weighted by Crippen LogP contribution is -2.49. The van der Waals surface area contributed by atoms with Crippen molar-refractivity contribution < 1.29 is 9.53 Å². The molecule has 24 heavy (non-hydrogen) atoms. The maximum absolute atomic E-state index is 12.5. The molecule has 0 bridgehead atoms. The highest BCUT2D eigenvalue weighted by atomic mass is 16.5. The minimum Gasteiger partial charge on any atom is -0.492 e. The standard InChI is InChI=1S/C18H21N3O3/c1-2-24-16-6-4-3-5-15(16)20-9-11-21(12-10-20)18(23)14-7-8-17(22)19-13-14/h3-8,13H,2,9-12H2,1H3,(H,19,22). The molecule has 1 fully saturated rings. The van der Waals surface area contributed by atoms with Crippen molar-refractivity contribution in [2.24, 2.45) is 0 Å². The summed E-state index contributed by atoms with van der Waals surface area (Å²) in [6, 6.07) is 10.9. The number of aromatic nitrogens is 1. The molecule has 0 saturated carbocycles. The first-order chi connectivity index (χ1) is 11.7. The van der Waals surface area contributed by atoms with E-state index in [1.165, 1.54) is 12.3 Å². The summed E-state index contributed by atoms with van der Waals surface area (Å²) >= 11 is 0. The smallest absolute Gasteiger partial charge is 0.255 e. The molecule has 1 saturated heterocycles. The summed E-state index contributed by atoms with van der Waals surface area (Å²) in [6.07, 6.45) is 1.47. The van der Waals surface area contributed by atoms with Gasteiger partial charge >= 0.3 is 0 Å². The largest absolute Gasteiger partial charge is 0.492 e. The summed E-state index contributed by atoms with van der Waals surface area (Å²) in [5.74, 6) is 0.824. The third kappa shape index (κ3) is 3.42. The van der Waals surface area contributed by atoms with E-state index in [9.17, 15) is 9.59 Å². The molecule has 126 valence electrons. The quantitative estimate of drug-likeness (QED) is 0.929. The Balaban J connectivity index is 1.66. The van der Waals surface area contributed by atoms with E-state index in [4.69, 9.17) is 4.74 Å². The van der Waals surface area contributed by atoms with Crippen molar-refractivity contribution in [2.75, 3.05) is 37.7 Å². The van der Waals surface area contributed by atoms with Crippen LogP contribution in [0.3, 0.4) is 0 Å². The Morgan fingerprint density at radius 3 is 2.54 bits per heavy atom. The molecule has 2 heterocycles. The fourth-order valence-corrected chi connectivity index (χ4v) is 2.87. The number of piperazine rings is 1. The predicted molar refractivity (Wildman–Crippen MR) is 92.8 cm³/mol. The number of pyridine rings is 1. The highest BCUT2D eigenvalue weighted by Gasteiger charge is 2.23. The number of hydrogen-bond acceptors (Lipinski definition) is 4. The third-order valence-corrected chi connectivity index (χ3v) is 4.10. The van der Waals surface area contributed by atoms with Gasteiger partial charge in [0, 0.05) is 38.4 Å². The molecular formula is C18H21N3O3. The predicted octanol–water partition coefficient (Wildman–Crippen LogP) is 1.74. The van der Waals surface area contributed by atoms with Gasteiger partial charge in [-0.05, 0) is 25.1 Å². The molecule has 3 rings (SSSR count). The van der Waals surface area contributed by atoms with E-state index in [-0.39, 0.29) is 11.5 Å². The molecule has 1 N–H and O–H groups in total. The number of hydrogen-bond donors (Lipinski definition) is 1. The second-order valence-electron chi connectivity index (χ2n) is 5.62. The molecule has 0 aliphatic carbocycles. The van der Waals surface area contributed by atoms with Crippen molar-refractivity contribution in [3.05, 3.63) is 58.5 Å². The summed E-state index contributed by atoms with van der Waals surface area (Å²) in [7, 11) is 0. The van der Waals surface area contributed by atoms with E-state index in [2.05, 4.69) is 9.88 Å². The van der Waals surface area contributed by atoms with Crippen molar-refractivity contribution >= 4 is 11.6 Å². The van der Waals surface area contributed by atoms with Crippen LogP contribution < -0.4 is 15.2 Å². The van der Waals surface area contributed by atoms with Gasteiger partial charge in [-0.15, -0.1) is 0 Å². The number of aromatic amines is 1. The molecule has 0 radical (unpaired) electrons. The lowest BCUT2D eigenvalue weighted by atomic mass is 10.2. The van der Waals surface area contributed by atoms with Gasteiger partial charge in [0.2, 0.25) is 5.56 Å². The third-order valence-electron chi connectivity index (χ3n) is 4.10. The summed E-state index contributed by atoms with van der Waals surface area (Å²) in [5, 5.41) is 0. The van der Waals surface area contributed by atoms with Crippen LogP contribution in [0, 0.1) is 0 Å². The number of nitrogens with one attached hydrogen (secondary N) is 1. The van der Waals surface area contributed by atoms with Crippen LogP contribution in [0.15, 0.2) is 47.4 Å². The lowest BCUT2D eigenvalue weighted by Gasteiger charge is -2.36. The minimum absolute atomic E-state index is 0.0519. The van der Waals surface area contributed by atoms with Crippen LogP contribution >= 0.6 is 0 Å². The van der Waals surface area contributed by atoms with E-state index in [0.717, 1.165) is 24.5 Å². The first kappa shape index (κ1) is 16.1. The van der Waals surface area contributed by atoms with Crippen molar-refractivity contribution in [3.63, 3.8) is 0 Å². The van der Waals surface area contributed by atoms with Crippen LogP contribution in [0.1, 0.15) is 17.3 Å². The fraction of sp³-hybridized carbons (Fsp3) is 0.333. The second-order valence-corrected chi connectivity index (χ2v) is 5.62. The molecule has 6 nitrogen and oxygen atoms in total. The Bertz CT molecular complexity index is 744. The van der Waals surface area contributed by atoms with Crippen LogP contribution in [0.4, 0.5) is 5.69 Å². The van der Waals surface area contributed by atoms with E-state index >= 15 is 0 Å². The zero-order valence-corrected chi connectivity index (χ0v) is 13.7. The number of nitrogens with zero attached hydrogens (tertiary/aromatic N) is 2. The van der Waals surface area contributed by atoms with Crippen molar-refractivity contribution in [1.29, 1.82) is 0 Å². The molecule has 0 atom stereocenters. The van der Waals surface area contributed by atoms with Gasteiger partial charge in [0.25, 0.3) is 5.91 Å². The zero-order valence-electron chi connectivity index (χ0n) is 13.7. The lowest BCUT2D eigenvalue weighted by molar-refractivity contribution is 0.0746. The number of rotatable bonds is 4. The van der Waals surface area contributed by atoms with Crippen LogP contribution in [0.25, 0.3) is 0 Å². The Kier molecular flexibility index (Phi) is 4.84. The molecule has 0 spiro atoms. The molecule has 6 heteroatoms. The monoisotopic (exact) mass is 327 g/mol. The normalized spacial score (nSPS) is 14.5. The molecule has 0 unspecified atom stereocenters.